The first-order chi connectivity index (χ1) is 8.63. The van der Waals surface area contributed by atoms with Gasteiger partial charge in [0.25, 0.3) is 0 Å². The van der Waals surface area contributed by atoms with E-state index in [1.165, 1.54) is 0 Å². The van der Waals surface area contributed by atoms with Gasteiger partial charge in [0.15, 0.2) is 0 Å². The number of hydrogen-bond donors (Lipinski definition) is 0. The van der Waals surface area contributed by atoms with Crippen molar-refractivity contribution in [1.29, 1.82) is 0 Å². The molecule has 1 atom stereocenters. The predicted molar refractivity (Wildman–Crippen MR) is 78.9 cm³/mol. The molecule has 0 heterocycles. The van der Waals surface area contributed by atoms with Crippen LogP contribution >= 0.6 is 23.3 Å². The second-order valence-electron chi connectivity index (χ2n) is 3.78. The van der Waals surface area contributed by atoms with Crippen molar-refractivity contribution in [1.82, 2.24) is 0 Å². The first kappa shape index (κ1) is 15.5. The molecule has 0 bridgehead atoms. The molecule has 5 heteroatoms. The molecule has 0 spiro atoms. The van der Waals surface area contributed by atoms with Crippen LogP contribution in [0.3, 0.4) is 0 Å². The number of hydrogen-bond acceptors (Lipinski definition) is 3. The van der Waals surface area contributed by atoms with Gasteiger partial charge in [-0.25, -0.2) is 0 Å². The molecular formula is C13H18BrO3P. The highest BCUT2D eigenvalue weighted by atomic mass is 79.9. The summed E-state index contributed by atoms with van der Waals surface area (Å²) in [5.41, 5.74) is 0.996. The van der Waals surface area contributed by atoms with Crippen molar-refractivity contribution in [2.45, 2.75) is 13.1 Å². The molecule has 0 N–H and O–H groups in total. The molecule has 0 saturated heterocycles. The Balaban J connectivity index is 2.78. The van der Waals surface area contributed by atoms with Gasteiger partial charge in [0, 0.05) is 6.16 Å². The van der Waals surface area contributed by atoms with E-state index in [9.17, 15) is 4.57 Å². The van der Waals surface area contributed by atoms with E-state index in [0.29, 0.717) is 18.9 Å². The Morgan fingerprint density at radius 1 is 1.33 bits per heavy atom. The third-order valence-electron chi connectivity index (χ3n) is 2.42. The van der Waals surface area contributed by atoms with Crippen LogP contribution in [0.1, 0.15) is 12.5 Å². The van der Waals surface area contributed by atoms with Crippen molar-refractivity contribution >= 4 is 23.3 Å². The van der Waals surface area contributed by atoms with Crippen LogP contribution in [0, 0.1) is 0 Å². The van der Waals surface area contributed by atoms with Crippen LogP contribution in [0.2, 0.25) is 0 Å². The van der Waals surface area contributed by atoms with E-state index >= 15 is 0 Å². The summed E-state index contributed by atoms with van der Waals surface area (Å²) in [7, 11) is -1.01. The second kappa shape index (κ2) is 7.78. The van der Waals surface area contributed by atoms with Gasteiger partial charge >= 0.3 is 0 Å². The Hall–Kier alpha value is -0.570. The molecule has 0 aliphatic rings. The molecule has 3 nitrogen and oxygen atoms in total. The number of halogens is 1. The SMILES string of the molecule is CCOP(=O)(C/C=C/Br)Cc1ccc(OC)cc1. The van der Waals surface area contributed by atoms with E-state index in [1.54, 1.807) is 12.1 Å². The van der Waals surface area contributed by atoms with Gasteiger partial charge in [-0.1, -0.05) is 34.1 Å². The zero-order valence-electron chi connectivity index (χ0n) is 10.6. The number of ether oxygens (including phenoxy) is 1. The average molecular weight is 333 g/mol. The fourth-order valence-corrected chi connectivity index (χ4v) is 4.07. The monoisotopic (exact) mass is 332 g/mol. The lowest BCUT2D eigenvalue weighted by atomic mass is 10.2. The molecular weight excluding hydrogens is 315 g/mol. The van der Waals surface area contributed by atoms with Gasteiger partial charge in [0.1, 0.15) is 5.75 Å². The van der Waals surface area contributed by atoms with E-state index in [2.05, 4.69) is 15.9 Å². The molecule has 1 unspecified atom stereocenters. The minimum absolute atomic E-state index is 0.443. The van der Waals surface area contributed by atoms with Gasteiger partial charge in [-0.2, -0.15) is 0 Å². The smallest absolute Gasteiger partial charge is 0.211 e. The number of rotatable bonds is 7. The standard InChI is InChI=1S/C13H18BrO3P/c1-3-17-18(15,10-4-9-14)11-12-5-7-13(16-2)8-6-12/h4-9H,3,10-11H2,1-2H3/b9-4+. The molecule has 100 valence electrons. The minimum atomic E-state index is -2.64. The molecule has 0 saturated carbocycles. The third kappa shape index (κ3) is 4.97. The molecule has 0 aromatic heterocycles. The molecule has 1 aromatic carbocycles. The maximum atomic E-state index is 12.6. The molecule has 0 amide bonds. The van der Waals surface area contributed by atoms with E-state index in [-0.39, 0.29) is 0 Å². The van der Waals surface area contributed by atoms with E-state index < -0.39 is 7.37 Å². The van der Waals surface area contributed by atoms with Gasteiger partial charge in [-0.15, -0.1) is 0 Å². The second-order valence-corrected chi connectivity index (χ2v) is 6.88. The molecule has 0 aliphatic heterocycles. The van der Waals surface area contributed by atoms with Crippen molar-refractivity contribution in [2.75, 3.05) is 19.9 Å². The summed E-state index contributed by atoms with van der Waals surface area (Å²) in [6.45, 7) is 2.32. The van der Waals surface area contributed by atoms with Crippen LogP contribution in [0.4, 0.5) is 0 Å². The van der Waals surface area contributed by atoms with Crippen LogP contribution in [-0.4, -0.2) is 19.9 Å². The topological polar surface area (TPSA) is 35.5 Å². The van der Waals surface area contributed by atoms with Crippen LogP contribution in [0.5, 0.6) is 5.75 Å². The van der Waals surface area contributed by atoms with E-state index in [4.69, 9.17) is 9.26 Å². The summed E-state index contributed by atoms with van der Waals surface area (Å²) in [5.74, 6) is 0.797. The van der Waals surface area contributed by atoms with Gasteiger partial charge in [0.2, 0.25) is 7.37 Å². The Morgan fingerprint density at radius 2 is 2.00 bits per heavy atom. The average Bonchev–Trinajstić information content (AvgIpc) is 2.38. The largest absolute Gasteiger partial charge is 0.497 e. The van der Waals surface area contributed by atoms with Gasteiger partial charge in [-0.05, 0) is 29.6 Å². The lowest BCUT2D eigenvalue weighted by molar-refractivity contribution is 0.334. The van der Waals surface area contributed by atoms with Gasteiger partial charge < -0.3 is 9.26 Å². The van der Waals surface area contributed by atoms with Crippen LogP contribution < -0.4 is 4.74 Å². The summed E-state index contributed by atoms with van der Waals surface area (Å²) in [4.78, 5) is 1.71. The van der Waals surface area contributed by atoms with Crippen LogP contribution in [0.15, 0.2) is 35.3 Å². The number of benzene rings is 1. The van der Waals surface area contributed by atoms with Gasteiger partial charge in [0.05, 0.1) is 19.9 Å². The van der Waals surface area contributed by atoms with Crippen LogP contribution in [0.25, 0.3) is 0 Å². The Kier molecular flexibility index (Phi) is 6.69. The zero-order valence-corrected chi connectivity index (χ0v) is 13.1. The third-order valence-corrected chi connectivity index (χ3v) is 5.14. The number of allylic oxidation sites excluding steroid dienone is 1. The summed E-state index contributed by atoms with van der Waals surface area (Å²) in [5, 5.41) is 0. The molecule has 18 heavy (non-hydrogen) atoms. The molecule has 0 fully saturated rings. The quantitative estimate of drug-likeness (QED) is 0.693. The fourth-order valence-electron chi connectivity index (χ4n) is 1.61. The Bertz CT molecular complexity index is 428. The first-order valence-corrected chi connectivity index (χ1v) is 8.65. The predicted octanol–water partition coefficient (Wildman–Crippen LogP) is 4.42. The summed E-state index contributed by atoms with van der Waals surface area (Å²) in [6, 6.07) is 7.57. The normalized spacial score (nSPS) is 14.6. The molecule has 0 radical (unpaired) electrons. The van der Waals surface area contributed by atoms with E-state index in [0.717, 1.165) is 11.3 Å². The fraction of sp³-hybridized carbons (Fsp3) is 0.385. The first-order valence-electron chi connectivity index (χ1n) is 5.74. The van der Waals surface area contributed by atoms with Crippen molar-refractivity contribution in [3.63, 3.8) is 0 Å². The molecule has 1 rings (SSSR count). The van der Waals surface area contributed by atoms with Gasteiger partial charge in [-0.3, -0.25) is 4.57 Å². The Morgan fingerprint density at radius 3 is 2.50 bits per heavy atom. The minimum Gasteiger partial charge on any atom is -0.497 e. The maximum absolute atomic E-state index is 12.6. The lowest BCUT2D eigenvalue weighted by Gasteiger charge is -2.16. The van der Waals surface area contributed by atoms with Crippen molar-refractivity contribution < 1.29 is 13.8 Å². The van der Waals surface area contributed by atoms with E-state index in [1.807, 2.05) is 37.3 Å². The lowest BCUT2D eigenvalue weighted by Crippen LogP contribution is -1.97. The number of methoxy groups -OCH3 is 1. The highest BCUT2D eigenvalue weighted by Gasteiger charge is 2.21. The van der Waals surface area contributed by atoms with Crippen molar-refractivity contribution in [3.05, 3.63) is 40.9 Å². The highest BCUT2D eigenvalue weighted by Crippen LogP contribution is 2.50. The highest BCUT2D eigenvalue weighted by molar-refractivity contribution is 9.11. The molecule has 0 aliphatic carbocycles. The molecule has 1 aromatic rings. The van der Waals surface area contributed by atoms with Crippen molar-refractivity contribution in [2.24, 2.45) is 0 Å². The van der Waals surface area contributed by atoms with Crippen LogP contribution in [-0.2, 0) is 15.3 Å². The zero-order chi connectivity index (χ0) is 13.4. The summed E-state index contributed by atoms with van der Waals surface area (Å²) in [6.07, 6.45) is 2.71. The Labute approximate surface area is 117 Å². The maximum Gasteiger partial charge on any atom is 0.211 e. The van der Waals surface area contributed by atoms with Crippen molar-refractivity contribution in [3.8, 4) is 5.75 Å². The summed E-state index contributed by atoms with van der Waals surface area (Å²) >= 11 is 3.18. The summed E-state index contributed by atoms with van der Waals surface area (Å²) < 4.78 is 23.1.